The number of nitro benzene ring substituents is 1. The lowest BCUT2D eigenvalue weighted by Gasteiger charge is -2.23. The Hall–Kier alpha value is -3.47. The second kappa shape index (κ2) is 7.83. The molecule has 136 valence electrons. The first-order chi connectivity index (χ1) is 13.0. The second-order valence-electron chi connectivity index (χ2n) is 6.47. The Balaban J connectivity index is 1.99. The summed E-state index contributed by atoms with van der Waals surface area (Å²) in [6.07, 6.45) is 0. The lowest BCUT2D eigenvalue weighted by atomic mass is 10.1. The smallest absolute Gasteiger partial charge is 0.272 e. The molecule has 3 aromatic carbocycles. The van der Waals surface area contributed by atoms with Crippen molar-refractivity contribution in [2.24, 2.45) is 0 Å². The van der Waals surface area contributed by atoms with Crippen molar-refractivity contribution in [1.82, 2.24) is 0 Å². The normalized spacial score (nSPS) is 10.4. The van der Waals surface area contributed by atoms with Crippen LogP contribution in [0.4, 0.5) is 11.4 Å². The number of hydrogen-bond acceptors (Lipinski definition) is 3. The number of nitro groups is 1. The van der Waals surface area contributed by atoms with E-state index in [1.54, 1.807) is 17.9 Å². The Morgan fingerprint density at radius 2 is 1.63 bits per heavy atom. The highest BCUT2D eigenvalue weighted by molar-refractivity contribution is 6.06. The Morgan fingerprint density at radius 3 is 2.22 bits per heavy atom. The van der Waals surface area contributed by atoms with Gasteiger partial charge in [0.1, 0.15) is 0 Å². The number of benzene rings is 3. The third kappa shape index (κ3) is 4.20. The van der Waals surface area contributed by atoms with Crippen LogP contribution in [0.2, 0.25) is 0 Å². The first kappa shape index (κ1) is 18.3. The van der Waals surface area contributed by atoms with Gasteiger partial charge in [-0.1, -0.05) is 48.0 Å². The molecule has 0 unspecified atom stereocenters. The van der Waals surface area contributed by atoms with Crippen LogP contribution in [-0.4, -0.2) is 10.8 Å². The fourth-order valence-corrected chi connectivity index (χ4v) is 2.92. The number of rotatable bonds is 5. The van der Waals surface area contributed by atoms with Gasteiger partial charge in [0.15, 0.2) is 0 Å². The monoisotopic (exact) mass is 360 g/mol. The molecule has 0 bridgehead atoms. The van der Waals surface area contributed by atoms with E-state index in [1.807, 2.05) is 61.5 Å². The van der Waals surface area contributed by atoms with Gasteiger partial charge in [-0.2, -0.15) is 0 Å². The van der Waals surface area contributed by atoms with Gasteiger partial charge in [-0.05, 0) is 43.7 Å². The number of anilines is 1. The Morgan fingerprint density at radius 1 is 0.963 bits per heavy atom. The predicted molar refractivity (Wildman–Crippen MR) is 106 cm³/mol. The third-order valence-corrected chi connectivity index (χ3v) is 4.41. The van der Waals surface area contributed by atoms with Gasteiger partial charge < -0.3 is 4.90 Å². The van der Waals surface area contributed by atoms with Crippen molar-refractivity contribution in [3.8, 4) is 0 Å². The molecule has 0 aliphatic heterocycles. The van der Waals surface area contributed by atoms with Gasteiger partial charge in [0, 0.05) is 22.9 Å². The van der Waals surface area contributed by atoms with Crippen LogP contribution in [0.1, 0.15) is 27.0 Å². The highest BCUT2D eigenvalue weighted by atomic mass is 16.6. The second-order valence-corrected chi connectivity index (χ2v) is 6.47. The van der Waals surface area contributed by atoms with Crippen LogP contribution in [-0.2, 0) is 6.54 Å². The van der Waals surface area contributed by atoms with Crippen LogP contribution in [0.25, 0.3) is 0 Å². The Bertz CT molecular complexity index is 967. The summed E-state index contributed by atoms with van der Waals surface area (Å²) in [5, 5.41) is 11.0. The van der Waals surface area contributed by atoms with Gasteiger partial charge in [-0.3, -0.25) is 14.9 Å². The van der Waals surface area contributed by atoms with Gasteiger partial charge in [0.05, 0.1) is 11.5 Å². The number of hydrogen-bond donors (Lipinski definition) is 0. The predicted octanol–water partition coefficient (Wildman–Crippen LogP) is 5.06. The maximum absolute atomic E-state index is 13.2. The minimum Gasteiger partial charge on any atom is -0.304 e. The van der Waals surface area contributed by atoms with Gasteiger partial charge in [0.2, 0.25) is 0 Å². The van der Waals surface area contributed by atoms with Crippen molar-refractivity contribution >= 4 is 17.3 Å². The average molecular weight is 360 g/mol. The molecule has 0 aliphatic rings. The minimum absolute atomic E-state index is 0.0106. The highest BCUT2D eigenvalue weighted by Gasteiger charge is 2.20. The Labute approximate surface area is 158 Å². The quantitative estimate of drug-likeness (QED) is 0.472. The topological polar surface area (TPSA) is 63.5 Å². The first-order valence-electron chi connectivity index (χ1n) is 8.63. The van der Waals surface area contributed by atoms with E-state index in [0.717, 1.165) is 16.8 Å². The van der Waals surface area contributed by atoms with Crippen molar-refractivity contribution in [2.45, 2.75) is 20.4 Å². The zero-order chi connectivity index (χ0) is 19.4. The van der Waals surface area contributed by atoms with Gasteiger partial charge in [-0.15, -0.1) is 0 Å². The molecule has 0 saturated carbocycles. The average Bonchev–Trinajstić information content (AvgIpc) is 2.67. The molecule has 1 amide bonds. The van der Waals surface area contributed by atoms with Crippen LogP contribution in [0, 0.1) is 24.0 Å². The zero-order valence-electron chi connectivity index (χ0n) is 15.3. The van der Waals surface area contributed by atoms with E-state index >= 15 is 0 Å². The summed E-state index contributed by atoms with van der Waals surface area (Å²) in [5.74, 6) is -0.194. The molecule has 0 aliphatic carbocycles. The molecule has 5 nitrogen and oxygen atoms in total. The summed E-state index contributed by atoms with van der Waals surface area (Å²) < 4.78 is 0. The molecule has 0 aromatic heterocycles. The number of carbonyl (C=O) groups excluding carboxylic acids is 1. The largest absolute Gasteiger partial charge is 0.304 e. The van der Waals surface area contributed by atoms with Gasteiger partial charge in [-0.25, -0.2) is 0 Å². The molecule has 0 saturated heterocycles. The summed E-state index contributed by atoms with van der Waals surface area (Å²) in [5.41, 5.74) is 3.80. The van der Waals surface area contributed by atoms with E-state index in [1.165, 1.54) is 12.1 Å². The van der Waals surface area contributed by atoms with E-state index in [-0.39, 0.29) is 11.6 Å². The maximum Gasteiger partial charge on any atom is 0.272 e. The molecular formula is C22H20N2O3. The van der Waals surface area contributed by atoms with E-state index < -0.39 is 4.92 Å². The SMILES string of the molecule is Cc1ccc(N(Cc2ccccc2)C(=O)c2ccc([N+](=O)[O-])c(C)c2)cc1. The number of amides is 1. The molecule has 0 radical (unpaired) electrons. The standard InChI is InChI=1S/C22H20N2O3/c1-16-8-11-20(12-9-16)23(15-18-6-4-3-5-7-18)22(25)19-10-13-21(24(26)27)17(2)14-19/h3-14H,15H2,1-2H3. The molecule has 0 heterocycles. The van der Waals surface area contributed by atoms with E-state index in [4.69, 9.17) is 0 Å². The first-order valence-corrected chi connectivity index (χ1v) is 8.63. The van der Waals surface area contributed by atoms with Gasteiger partial charge >= 0.3 is 0 Å². The van der Waals surface area contributed by atoms with Gasteiger partial charge in [0.25, 0.3) is 11.6 Å². The molecule has 3 rings (SSSR count). The molecule has 0 N–H and O–H groups in total. The number of carbonyl (C=O) groups is 1. The lowest BCUT2D eigenvalue weighted by molar-refractivity contribution is -0.385. The van der Waals surface area contributed by atoms with E-state index in [0.29, 0.717) is 17.7 Å². The van der Waals surface area contributed by atoms with E-state index in [2.05, 4.69) is 0 Å². The molecule has 3 aromatic rings. The minimum atomic E-state index is -0.439. The van der Waals surface area contributed by atoms with Crippen LogP contribution in [0.3, 0.4) is 0 Å². The van der Waals surface area contributed by atoms with Crippen molar-refractivity contribution < 1.29 is 9.72 Å². The number of aryl methyl sites for hydroxylation is 2. The molecule has 0 atom stereocenters. The van der Waals surface area contributed by atoms with E-state index in [9.17, 15) is 14.9 Å². The summed E-state index contributed by atoms with van der Waals surface area (Å²) in [6, 6.07) is 22.0. The maximum atomic E-state index is 13.2. The van der Waals surface area contributed by atoms with Crippen molar-refractivity contribution in [2.75, 3.05) is 4.90 Å². The lowest BCUT2D eigenvalue weighted by Crippen LogP contribution is -2.30. The fraction of sp³-hybridized carbons (Fsp3) is 0.136. The molecule has 27 heavy (non-hydrogen) atoms. The zero-order valence-corrected chi connectivity index (χ0v) is 15.3. The summed E-state index contributed by atoms with van der Waals surface area (Å²) in [7, 11) is 0. The molecule has 5 heteroatoms. The number of nitrogens with zero attached hydrogens (tertiary/aromatic N) is 2. The molecule has 0 fully saturated rings. The third-order valence-electron chi connectivity index (χ3n) is 4.41. The summed E-state index contributed by atoms with van der Waals surface area (Å²) in [6.45, 7) is 4.05. The highest BCUT2D eigenvalue weighted by Crippen LogP contribution is 2.24. The van der Waals surface area contributed by atoms with Crippen LogP contribution < -0.4 is 4.90 Å². The van der Waals surface area contributed by atoms with Crippen molar-refractivity contribution in [3.63, 3.8) is 0 Å². The molecule has 0 spiro atoms. The van der Waals surface area contributed by atoms with Crippen molar-refractivity contribution in [3.05, 3.63) is 105 Å². The Kier molecular flexibility index (Phi) is 5.31. The summed E-state index contributed by atoms with van der Waals surface area (Å²) in [4.78, 5) is 25.5. The van der Waals surface area contributed by atoms with Crippen LogP contribution >= 0.6 is 0 Å². The molecular weight excluding hydrogens is 340 g/mol. The fourth-order valence-electron chi connectivity index (χ4n) is 2.92. The van der Waals surface area contributed by atoms with Crippen LogP contribution in [0.15, 0.2) is 72.8 Å². The van der Waals surface area contributed by atoms with Crippen molar-refractivity contribution in [1.29, 1.82) is 0 Å². The summed E-state index contributed by atoms with van der Waals surface area (Å²) >= 11 is 0. The van der Waals surface area contributed by atoms with Crippen LogP contribution in [0.5, 0.6) is 0 Å².